The van der Waals surface area contributed by atoms with Gasteiger partial charge in [-0.25, -0.2) is 4.79 Å². The summed E-state index contributed by atoms with van der Waals surface area (Å²) in [6.45, 7) is 0.995. The first-order chi connectivity index (χ1) is 11.8. The number of rotatable bonds is 3. The van der Waals surface area contributed by atoms with Crippen LogP contribution in [0.2, 0.25) is 0 Å². The molecule has 1 heterocycles. The number of amides is 1. The molecule has 122 valence electrons. The van der Waals surface area contributed by atoms with Gasteiger partial charge in [-0.3, -0.25) is 0 Å². The number of nitrogens with zero attached hydrogens (tertiary/aromatic N) is 2. The topological polar surface area (TPSA) is 53.3 Å². The van der Waals surface area contributed by atoms with Gasteiger partial charge in [-0.1, -0.05) is 42.5 Å². The minimum atomic E-state index is -0.270. The molecule has 1 atom stereocenters. The molecule has 0 aliphatic carbocycles. The largest absolute Gasteiger partial charge is 0.445 e. The van der Waals surface area contributed by atoms with Crippen LogP contribution in [0.15, 0.2) is 54.6 Å². The molecule has 0 aromatic heterocycles. The SMILES string of the molecule is N#Cc1ccc(C2CCCCN2C(=O)OCc2ccccc2)cc1. The van der Waals surface area contributed by atoms with Crippen LogP contribution in [0.1, 0.15) is 42.0 Å². The van der Waals surface area contributed by atoms with Gasteiger partial charge in [0, 0.05) is 6.54 Å². The minimum absolute atomic E-state index is 0.0229. The van der Waals surface area contributed by atoms with Crippen molar-refractivity contribution in [3.05, 3.63) is 71.3 Å². The molecule has 0 bridgehead atoms. The molecule has 2 aromatic carbocycles. The Morgan fingerprint density at radius 1 is 1.12 bits per heavy atom. The third-order valence-electron chi connectivity index (χ3n) is 4.37. The van der Waals surface area contributed by atoms with Crippen molar-refractivity contribution in [1.29, 1.82) is 5.26 Å². The van der Waals surface area contributed by atoms with Gasteiger partial charge in [0.1, 0.15) is 6.61 Å². The van der Waals surface area contributed by atoms with Crippen LogP contribution in [0.5, 0.6) is 0 Å². The van der Waals surface area contributed by atoms with E-state index in [1.54, 1.807) is 12.1 Å². The van der Waals surface area contributed by atoms with Crippen molar-refractivity contribution in [3.63, 3.8) is 0 Å². The molecule has 1 amide bonds. The number of benzene rings is 2. The van der Waals surface area contributed by atoms with Crippen LogP contribution in [0.3, 0.4) is 0 Å². The monoisotopic (exact) mass is 320 g/mol. The Bertz CT molecular complexity index is 720. The third-order valence-corrected chi connectivity index (χ3v) is 4.37. The summed E-state index contributed by atoms with van der Waals surface area (Å²) in [5.74, 6) is 0. The zero-order valence-electron chi connectivity index (χ0n) is 13.5. The van der Waals surface area contributed by atoms with E-state index >= 15 is 0 Å². The molecule has 1 aliphatic heterocycles. The van der Waals surface area contributed by atoms with E-state index in [2.05, 4.69) is 6.07 Å². The van der Waals surface area contributed by atoms with Gasteiger partial charge in [0.15, 0.2) is 0 Å². The zero-order chi connectivity index (χ0) is 16.8. The van der Waals surface area contributed by atoms with E-state index in [9.17, 15) is 4.79 Å². The van der Waals surface area contributed by atoms with Crippen LogP contribution in [0.25, 0.3) is 0 Å². The lowest BCUT2D eigenvalue weighted by atomic mass is 9.95. The standard InChI is InChI=1S/C20H20N2O2/c21-14-16-9-11-18(12-10-16)19-8-4-5-13-22(19)20(23)24-15-17-6-2-1-3-7-17/h1-3,6-7,9-12,19H,4-5,8,13,15H2. The van der Waals surface area contributed by atoms with E-state index < -0.39 is 0 Å². The van der Waals surface area contributed by atoms with Gasteiger partial charge in [0.05, 0.1) is 17.7 Å². The fourth-order valence-corrected chi connectivity index (χ4v) is 3.08. The van der Waals surface area contributed by atoms with Crippen LogP contribution in [-0.4, -0.2) is 17.5 Å². The van der Waals surface area contributed by atoms with Gasteiger partial charge >= 0.3 is 6.09 Å². The first-order valence-corrected chi connectivity index (χ1v) is 8.25. The molecule has 2 aromatic rings. The lowest BCUT2D eigenvalue weighted by Gasteiger charge is -2.35. The molecule has 0 radical (unpaired) electrons. The molecule has 24 heavy (non-hydrogen) atoms. The maximum Gasteiger partial charge on any atom is 0.410 e. The van der Waals surface area contributed by atoms with Crippen LogP contribution >= 0.6 is 0 Å². The second-order valence-corrected chi connectivity index (χ2v) is 5.98. The summed E-state index contributed by atoms with van der Waals surface area (Å²) < 4.78 is 5.50. The van der Waals surface area contributed by atoms with Crippen molar-refractivity contribution in [1.82, 2.24) is 4.90 Å². The van der Waals surface area contributed by atoms with Crippen LogP contribution in [0, 0.1) is 11.3 Å². The molecule has 4 nitrogen and oxygen atoms in total. The highest BCUT2D eigenvalue weighted by Gasteiger charge is 2.29. The van der Waals surface area contributed by atoms with Crippen molar-refractivity contribution in [2.75, 3.05) is 6.54 Å². The Kier molecular flexibility index (Phi) is 5.12. The normalized spacial score (nSPS) is 17.1. The lowest BCUT2D eigenvalue weighted by Crippen LogP contribution is -2.38. The van der Waals surface area contributed by atoms with E-state index in [4.69, 9.17) is 10.00 Å². The average molecular weight is 320 g/mol. The fourth-order valence-electron chi connectivity index (χ4n) is 3.08. The fraction of sp³-hybridized carbons (Fsp3) is 0.300. The summed E-state index contributed by atoms with van der Waals surface area (Å²) in [6, 6.07) is 19.3. The molecule has 0 N–H and O–H groups in total. The van der Waals surface area contributed by atoms with E-state index in [1.165, 1.54) is 0 Å². The summed E-state index contributed by atoms with van der Waals surface area (Å²) >= 11 is 0. The van der Waals surface area contributed by atoms with Gasteiger partial charge in [-0.2, -0.15) is 5.26 Å². The predicted octanol–water partition coefficient (Wildman–Crippen LogP) is 4.42. The van der Waals surface area contributed by atoms with Crippen LogP contribution < -0.4 is 0 Å². The van der Waals surface area contributed by atoms with Gasteiger partial charge in [0.25, 0.3) is 0 Å². The van der Waals surface area contributed by atoms with Gasteiger partial charge in [-0.15, -0.1) is 0 Å². The first kappa shape index (κ1) is 16.1. The van der Waals surface area contributed by atoms with Crippen LogP contribution in [0.4, 0.5) is 4.79 Å². The number of ether oxygens (including phenoxy) is 1. The van der Waals surface area contributed by atoms with Gasteiger partial charge in [-0.05, 0) is 42.5 Å². The number of likely N-dealkylation sites (tertiary alicyclic amines) is 1. The number of carbonyl (C=O) groups is 1. The number of piperidine rings is 1. The quantitative estimate of drug-likeness (QED) is 0.841. The molecular formula is C20H20N2O2. The summed E-state index contributed by atoms with van der Waals surface area (Å²) in [5.41, 5.74) is 2.68. The van der Waals surface area contributed by atoms with Crippen LogP contribution in [-0.2, 0) is 11.3 Å². The molecule has 1 fully saturated rings. The Balaban J connectivity index is 1.69. The molecular weight excluding hydrogens is 300 g/mol. The molecule has 3 rings (SSSR count). The summed E-state index contributed by atoms with van der Waals surface area (Å²) in [6.07, 6.45) is 2.74. The lowest BCUT2D eigenvalue weighted by molar-refractivity contribution is 0.0679. The number of carbonyl (C=O) groups excluding carboxylic acids is 1. The summed E-state index contributed by atoms with van der Waals surface area (Å²) in [4.78, 5) is 14.3. The van der Waals surface area contributed by atoms with Crippen molar-refractivity contribution in [2.24, 2.45) is 0 Å². The maximum absolute atomic E-state index is 12.5. The van der Waals surface area contributed by atoms with Gasteiger partial charge in [0.2, 0.25) is 0 Å². The zero-order valence-corrected chi connectivity index (χ0v) is 13.5. The van der Waals surface area contributed by atoms with Gasteiger partial charge < -0.3 is 9.64 Å². The first-order valence-electron chi connectivity index (χ1n) is 8.25. The number of hydrogen-bond acceptors (Lipinski definition) is 3. The van der Waals surface area contributed by atoms with Crippen molar-refractivity contribution in [2.45, 2.75) is 31.9 Å². The van der Waals surface area contributed by atoms with E-state index in [0.29, 0.717) is 12.1 Å². The Morgan fingerprint density at radius 3 is 2.58 bits per heavy atom. The minimum Gasteiger partial charge on any atom is -0.445 e. The predicted molar refractivity (Wildman–Crippen MR) is 91.1 cm³/mol. The Hall–Kier alpha value is -2.80. The van der Waals surface area contributed by atoms with E-state index in [0.717, 1.165) is 30.4 Å². The second-order valence-electron chi connectivity index (χ2n) is 5.98. The van der Waals surface area contributed by atoms with Crippen molar-refractivity contribution in [3.8, 4) is 6.07 Å². The van der Waals surface area contributed by atoms with Crippen molar-refractivity contribution >= 4 is 6.09 Å². The highest BCUT2D eigenvalue weighted by atomic mass is 16.6. The molecule has 1 aliphatic rings. The highest BCUT2D eigenvalue weighted by Crippen LogP contribution is 2.31. The van der Waals surface area contributed by atoms with E-state index in [-0.39, 0.29) is 18.7 Å². The molecule has 1 saturated heterocycles. The highest BCUT2D eigenvalue weighted by molar-refractivity contribution is 5.68. The van der Waals surface area contributed by atoms with Crippen molar-refractivity contribution < 1.29 is 9.53 Å². The smallest absolute Gasteiger partial charge is 0.410 e. The Morgan fingerprint density at radius 2 is 1.88 bits per heavy atom. The number of nitriles is 1. The molecule has 0 saturated carbocycles. The molecule has 1 unspecified atom stereocenters. The average Bonchev–Trinajstić information content (AvgIpc) is 2.67. The third kappa shape index (κ3) is 3.75. The van der Waals surface area contributed by atoms with E-state index in [1.807, 2.05) is 47.4 Å². The Labute approximate surface area is 142 Å². The summed E-state index contributed by atoms with van der Waals surface area (Å²) in [7, 11) is 0. The molecule has 0 spiro atoms. The summed E-state index contributed by atoms with van der Waals surface area (Å²) in [5, 5.41) is 8.92. The maximum atomic E-state index is 12.5. The number of hydrogen-bond donors (Lipinski definition) is 0. The second kappa shape index (κ2) is 7.65. The molecule has 4 heteroatoms.